The molecule has 1 aromatic rings. The number of nitrogens with zero attached hydrogens (tertiary/aromatic N) is 1. The van der Waals surface area contributed by atoms with Crippen LogP contribution < -0.4 is 4.74 Å². The number of rotatable bonds is 5. The Balaban J connectivity index is 1.99. The van der Waals surface area contributed by atoms with Gasteiger partial charge >= 0.3 is 12.1 Å². The molecule has 1 N–H and O–H groups in total. The summed E-state index contributed by atoms with van der Waals surface area (Å²) in [6.07, 6.45) is -3.91. The fraction of sp³-hybridized carbons (Fsp3) is 0.529. The number of carboxylic acids is 1. The first-order valence-corrected chi connectivity index (χ1v) is 7.93. The Kier molecular flexibility index (Phi) is 5.92. The predicted molar refractivity (Wildman–Crippen MR) is 83.2 cm³/mol. The minimum Gasteiger partial charge on any atom is -0.484 e. The number of aliphatic carboxylic acids is 1. The molecule has 2 atom stereocenters. The zero-order chi connectivity index (χ0) is 18.6. The minimum atomic E-state index is -4.43. The molecule has 0 spiro atoms. The number of benzene rings is 1. The first-order valence-electron chi connectivity index (χ1n) is 7.93. The Morgan fingerprint density at radius 3 is 2.68 bits per heavy atom. The highest BCUT2D eigenvalue weighted by molar-refractivity contribution is 5.80. The van der Waals surface area contributed by atoms with E-state index in [1.165, 1.54) is 23.1 Å². The van der Waals surface area contributed by atoms with Crippen LogP contribution in [-0.2, 0) is 16.0 Å². The number of hydrogen-bond acceptors (Lipinski definition) is 3. The number of carbonyl (C=O) groups is 2. The van der Waals surface area contributed by atoms with E-state index in [4.69, 9.17) is 5.11 Å². The Labute approximate surface area is 143 Å². The van der Waals surface area contributed by atoms with E-state index in [1.54, 1.807) is 6.07 Å². The minimum absolute atomic E-state index is 0.0116. The Bertz CT molecular complexity index is 633. The molecule has 0 radical (unpaired) electrons. The van der Waals surface area contributed by atoms with Crippen LogP contribution in [-0.4, -0.2) is 47.8 Å². The van der Waals surface area contributed by atoms with Crippen molar-refractivity contribution >= 4 is 11.9 Å². The summed E-state index contributed by atoms with van der Waals surface area (Å²) >= 11 is 0. The molecule has 0 aromatic heterocycles. The van der Waals surface area contributed by atoms with E-state index in [-0.39, 0.29) is 30.5 Å². The van der Waals surface area contributed by atoms with Crippen LogP contribution >= 0.6 is 0 Å². The molecular weight excluding hydrogens is 339 g/mol. The van der Waals surface area contributed by atoms with Gasteiger partial charge in [0.05, 0.1) is 12.3 Å². The second-order valence-corrected chi connectivity index (χ2v) is 6.40. The summed E-state index contributed by atoms with van der Waals surface area (Å²) in [6, 6.07) is 5.93. The summed E-state index contributed by atoms with van der Waals surface area (Å²) in [5.74, 6) is -1.63. The smallest absolute Gasteiger partial charge is 0.422 e. The molecule has 0 saturated carbocycles. The van der Waals surface area contributed by atoms with E-state index in [2.05, 4.69) is 4.74 Å². The average molecular weight is 359 g/mol. The normalized spacial score (nSPS) is 21.0. The van der Waals surface area contributed by atoms with Gasteiger partial charge in [0.25, 0.3) is 0 Å². The number of carbonyl (C=O) groups excluding carboxylic acids is 1. The first kappa shape index (κ1) is 19.1. The monoisotopic (exact) mass is 359 g/mol. The van der Waals surface area contributed by atoms with E-state index < -0.39 is 24.7 Å². The molecule has 1 heterocycles. The summed E-state index contributed by atoms with van der Waals surface area (Å²) in [6.45, 7) is 1.13. The lowest BCUT2D eigenvalue weighted by Gasteiger charge is -2.34. The lowest BCUT2D eigenvalue weighted by molar-refractivity contribution is -0.153. The van der Waals surface area contributed by atoms with Gasteiger partial charge in [-0.15, -0.1) is 0 Å². The molecule has 1 fully saturated rings. The van der Waals surface area contributed by atoms with E-state index in [1.807, 2.05) is 6.92 Å². The van der Waals surface area contributed by atoms with Crippen LogP contribution in [0.2, 0.25) is 0 Å². The van der Waals surface area contributed by atoms with E-state index in [0.717, 1.165) is 0 Å². The SMILES string of the molecule is CC1CC(C(=O)O)CN(C(=O)Cc2cccc(OCC(F)(F)F)c2)C1. The van der Waals surface area contributed by atoms with Gasteiger partial charge < -0.3 is 14.7 Å². The van der Waals surface area contributed by atoms with Gasteiger partial charge in [-0.2, -0.15) is 13.2 Å². The molecule has 138 valence electrons. The van der Waals surface area contributed by atoms with Gasteiger partial charge in [-0.05, 0) is 30.0 Å². The van der Waals surface area contributed by atoms with Crippen molar-refractivity contribution in [3.63, 3.8) is 0 Å². The van der Waals surface area contributed by atoms with Crippen LogP contribution in [0.15, 0.2) is 24.3 Å². The molecule has 8 heteroatoms. The molecule has 1 aliphatic heterocycles. The summed E-state index contributed by atoms with van der Waals surface area (Å²) in [5.41, 5.74) is 0.523. The molecule has 1 aromatic carbocycles. The summed E-state index contributed by atoms with van der Waals surface area (Å²) in [7, 11) is 0. The van der Waals surface area contributed by atoms with Crippen molar-refractivity contribution in [1.29, 1.82) is 0 Å². The summed E-state index contributed by atoms with van der Waals surface area (Å²) in [4.78, 5) is 25.1. The first-order chi connectivity index (χ1) is 11.6. The highest BCUT2D eigenvalue weighted by Crippen LogP contribution is 2.23. The molecule has 0 aliphatic carbocycles. The number of hydrogen-bond donors (Lipinski definition) is 1. The van der Waals surface area contributed by atoms with Crippen LogP contribution in [0.3, 0.4) is 0 Å². The number of likely N-dealkylation sites (tertiary alicyclic amines) is 1. The number of ether oxygens (including phenoxy) is 1. The van der Waals surface area contributed by atoms with Crippen LogP contribution in [0.4, 0.5) is 13.2 Å². The highest BCUT2D eigenvalue weighted by atomic mass is 19.4. The molecule has 0 bridgehead atoms. The summed E-state index contributed by atoms with van der Waals surface area (Å²) < 4.78 is 41.3. The fourth-order valence-electron chi connectivity index (χ4n) is 2.93. The van der Waals surface area contributed by atoms with Crippen molar-refractivity contribution in [3.8, 4) is 5.75 Å². The molecule has 1 amide bonds. The molecule has 25 heavy (non-hydrogen) atoms. The standard InChI is InChI=1S/C17H20F3NO4/c1-11-5-13(16(23)24)9-21(8-11)15(22)7-12-3-2-4-14(6-12)25-10-17(18,19)20/h2-4,6,11,13H,5,7-10H2,1H3,(H,23,24). The topological polar surface area (TPSA) is 66.8 Å². The van der Waals surface area contributed by atoms with Crippen LogP contribution in [0.5, 0.6) is 5.75 Å². The quantitative estimate of drug-likeness (QED) is 0.878. The molecule has 1 aliphatic rings. The van der Waals surface area contributed by atoms with Gasteiger partial charge in [0.15, 0.2) is 6.61 Å². The molecular formula is C17H20F3NO4. The summed E-state index contributed by atoms with van der Waals surface area (Å²) in [5, 5.41) is 9.16. The van der Waals surface area contributed by atoms with Crippen LogP contribution in [0, 0.1) is 11.8 Å². The Hall–Kier alpha value is -2.25. The van der Waals surface area contributed by atoms with Gasteiger partial charge in [0.2, 0.25) is 5.91 Å². The fourth-order valence-corrected chi connectivity index (χ4v) is 2.93. The van der Waals surface area contributed by atoms with E-state index in [0.29, 0.717) is 18.5 Å². The number of halogens is 3. The number of carboxylic acid groups (broad SMARTS) is 1. The van der Waals surface area contributed by atoms with E-state index in [9.17, 15) is 22.8 Å². The van der Waals surface area contributed by atoms with Gasteiger partial charge in [-0.3, -0.25) is 9.59 Å². The number of piperidine rings is 1. The van der Waals surface area contributed by atoms with Crippen LogP contribution in [0.1, 0.15) is 18.9 Å². The molecule has 2 unspecified atom stereocenters. The molecule has 1 saturated heterocycles. The second kappa shape index (κ2) is 7.76. The largest absolute Gasteiger partial charge is 0.484 e. The lowest BCUT2D eigenvalue weighted by atomic mass is 9.90. The average Bonchev–Trinajstić information content (AvgIpc) is 2.52. The maximum Gasteiger partial charge on any atom is 0.422 e. The van der Waals surface area contributed by atoms with E-state index >= 15 is 0 Å². The molecule has 5 nitrogen and oxygen atoms in total. The van der Waals surface area contributed by atoms with Crippen LogP contribution in [0.25, 0.3) is 0 Å². The van der Waals surface area contributed by atoms with Crippen molar-refractivity contribution < 1.29 is 32.6 Å². The Morgan fingerprint density at radius 1 is 1.32 bits per heavy atom. The van der Waals surface area contributed by atoms with Crippen molar-refractivity contribution in [1.82, 2.24) is 4.90 Å². The Morgan fingerprint density at radius 2 is 2.04 bits per heavy atom. The lowest BCUT2D eigenvalue weighted by Crippen LogP contribution is -2.46. The third-order valence-corrected chi connectivity index (χ3v) is 4.02. The number of alkyl halides is 3. The van der Waals surface area contributed by atoms with Crippen molar-refractivity contribution in [2.45, 2.75) is 25.9 Å². The number of amides is 1. The maximum absolute atomic E-state index is 12.4. The van der Waals surface area contributed by atoms with Gasteiger partial charge in [0, 0.05) is 13.1 Å². The third-order valence-electron chi connectivity index (χ3n) is 4.02. The van der Waals surface area contributed by atoms with Gasteiger partial charge in [-0.25, -0.2) is 0 Å². The highest BCUT2D eigenvalue weighted by Gasteiger charge is 2.32. The zero-order valence-electron chi connectivity index (χ0n) is 13.8. The molecule has 2 rings (SSSR count). The predicted octanol–water partition coefficient (Wildman–Crippen LogP) is 2.74. The van der Waals surface area contributed by atoms with Crippen molar-refractivity contribution in [2.24, 2.45) is 11.8 Å². The van der Waals surface area contributed by atoms with Crippen molar-refractivity contribution in [2.75, 3.05) is 19.7 Å². The maximum atomic E-state index is 12.4. The second-order valence-electron chi connectivity index (χ2n) is 6.40. The van der Waals surface area contributed by atoms with Crippen molar-refractivity contribution in [3.05, 3.63) is 29.8 Å². The van der Waals surface area contributed by atoms with Gasteiger partial charge in [0.1, 0.15) is 5.75 Å². The zero-order valence-corrected chi connectivity index (χ0v) is 13.8. The van der Waals surface area contributed by atoms with Gasteiger partial charge in [-0.1, -0.05) is 19.1 Å². The third kappa shape index (κ3) is 5.95.